The number of nitrogens with one attached hydrogen (secondary N) is 1. The van der Waals surface area contributed by atoms with Gasteiger partial charge in [0.25, 0.3) is 0 Å². The fourth-order valence-corrected chi connectivity index (χ4v) is 3.85. The van der Waals surface area contributed by atoms with Crippen LogP contribution in [0.5, 0.6) is 11.5 Å². The second-order valence-electron chi connectivity index (χ2n) is 7.01. The molecule has 2 aromatic rings. The minimum atomic E-state index is -0.209. The van der Waals surface area contributed by atoms with E-state index in [1.165, 1.54) is 16.7 Å². The fourth-order valence-electron chi connectivity index (χ4n) is 2.98. The number of carbonyl (C=O) groups excluding carboxylic acids is 2. The molecule has 2 amide bonds. The minimum Gasteiger partial charge on any atom is -0.490 e. The van der Waals surface area contributed by atoms with Gasteiger partial charge in [0.1, 0.15) is 0 Å². The maximum atomic E-state index is 12.5. The van der Waals surface area contributed by atoms with Gasteiger partial charge in [0.15, 0.2) is 11.5 Å². The number of anilines is 1. The van der Waals surface area contributed by atoms with E-state index >= 15 is 0 Å². The Labute approximate surface area is 175 Å². The summed E-state index contributed by atoms with van der Waals surface area (Å²) in [6.45, 7) is 5.17. The van der Waals surface area contributed by atoms with Crippen LogP contribution >= 0.6 is 11.8 Å². The number of hydrogen-bond donors (Lipinski definition) is 1. The zero-order valence-corrected chi connectivity index (χ0v) is 17.8. The molecule has 1 aliphatic rings. The van der Waals surface area contributed by atoms with Crippen LogP contribution < -0.4 is 14.8 Å². The standard InChI is InChI=1S/C22H26N2O4S/c1-15-6-4-7-16(2)22(15)23-20(25)13-24(3)21(26)14-29-17-8-9-18-19(12-17)28-11-5-10-27-18/h4,6-9,12H,5,10-11,13-14H2,1-3H3,(H,23,25). The Morgan fingerprint density at radius 1 is 1.07 bits per heavy atom. The summed E-state index contributed by atoms with van der Waals surface area (Å²) in [6.07, 6.45) is 0.852. The third-order valence-corrected chi connectivity index (χ3v) is 5.61. The van der Waals surface area contributed by atoms with E-state index in [4.69, 9.17) is 9.47 Å². The summed E-state index contributed by atoms with van der Waals surface area (Å²) in [5.41, 5.74) is 2.80. The first-order valence-corrected chi connectivity index (χ1v) is 10.5. The topological polar surface area (TPSA) is 67.9 Å². The van der Waals surface area contributed by atoms with Gasteiger partial charge in [-0.25, -0.2) is 0 Å². The van der Waals surface area contributed by atoms with Crippen molar-refractivity contribution in [1.82, 2.24) is 4.90 Å². The number of ether oxygens (including phenoxy) is 2. The Morgan fingerprint density at radius 3 is 2.48 bits per heavy atom. The molecule has 2 aromatic carbocycles. The van der Waals surface area contributed by atoms with E-state index in [0.29, 0.717) is 19.0 Å². The van der Waals surface area contributed by atoms with Crippen LogP contribution in [-0.2, 0) is 9.59 Å². The van der Waals surface area contributed by atoms with E-state index in [1.54, 1.807) is 7.05 Å². The SMILES string of the molecule is Cc1cccc(C)c1NC(=O)CN(C)C(=O)CSc1ccc2c(c1)OCCCO2. The van der Waals surface area contributed by atoms with Crippen molar-refractivity contribution in [2.45, 2.75) is 25.2 Å². The Morgan fingerprint density at radius 2 is 1.76 bits per heavy atom. The second-order valence-corrected chi connectivity index (χ2v) is 8.06. The molecular formula is C22H26N2O4S. The largest absolute Gasteiger partial charge is 0.490 e. The van der Waals surface area contributed by atoms with Gasteiger partial charge in [-0.1, -0.05) is 18.2 Å². The number of thioether (sulfide) groups is 1. The highest BCUT2D eigenvalue weighted by molar-refractivity contribution is 8.00. The molecule has 1 aliphatic heterocycles. The lowest BCUT2D eigenvalue weighted by molar-refractivity contribution is -0.131. The summed E-state index contributed by atoms with van der Waals surface area (Å²) in [6, 6.07) is 11.5. The van der Waals surface area contributed by atoms with Crippen molar-refractivity contribution in [2.75, 3.05) is 37.9 Å². The van der Waals surface area contributed by atoms with Crippen LogP contribution in [0, 0.1) is 13.8 Å². The average Bonchev–Trinajstić information content (AvgIpc) is 2.94. The number of nitrogens with zero attached hydrogens (tertiary/aromatic N) is 1. The Kier molecular flexibility index (Phi) is 7.04. The molecule has 1 heterocycles. The van der Waals surface area contributed by atoms with Gasteiger partial charge in [0, 0.05) is 24.1 Å². The molecule has 0 aliphatic carbocycles. The monoisotopic (exact) mass is 414 g/mol. The van der Waals surface area contributed by atoms with Crippen LogP contribution in [0.15, 0.2) is 41.3 Å². The van der Waals surface area contributed by atoms with E-state index in [2.05, 4.69) is 5.32 Å². The van der Waals surface area contributed by atoms with Gasteiger partial charge in [-0.15, -0.1) is 11.8 Å². The molecule has 0 radical (unpaired) electrons. The molecule has 0 spiro atoms. The van der Waals surface area contributed by atoms with Crippen LogP contribution in [0.4, 0.5) is 5.69 Å². The molecule has 0 saturated carbocycles. The van der Waals surface area contributed by atoms with E-state index in [0.717, 1.165) is 33.9 Å². The Bertz CT molecular complexity index is 880. The van der Waals surface area contributed by atoms with E-state index < -0.39 is 0 Å². The first-order chi connectivity index (χ1) is 13.9. The highest BCUT2D eigenvalue weighted by Gasteiger charge is 2.16. The number of para-hydroxylation sites is 1. The van der Waals surface area contributed by atoms with E-state index in [1.807, 2.05) is 50.2 Å². The molecule has 0 unspecified atom stereocenters. The van der Waals surface area contributed by atoms with Gasteiger partial charge in [0.2, 0.25) is 11.8 Å². The molecule has 154 valence electrons. The summed E-state index contributed by atoms with van der Waals surface area (Å²) >= 11 is 1.41. The zero-order valence-electron chi connectivity index (χ0n) is 17.0. The third kappa shape index (κ3) is 5.67. The number of benzene rings is 2. The Hall–Kier alpha value is -2.67. The van der Waals surface area contributed by atoms with Gasteiger partial charge in [-0.3, -0.25) is 9.59 Å². The van der Waals surface area contributed by atoms with Crippen LogP contribution in [0.1, 0.15) is 17.5 Å². The zero-order chi connectivity index (χ0) is 20.8. The maximum Gasteiger partial charge on any atom is 0.243 e. The summed E-state index contributed by atoms with van der Waals surface area (Å²) in [7, 11) is 1.64. The van der Waals surface area contributed by atoms with Crippen LogP contribution in [0.2, 0.25) is 0 Å². The lowest BCUT2D eigenvalue weighted by Crippen LogP contribution is -2.36. The van der Waals surface area contributed by atoms with Gasteiger partial charge in [0.05, 0.1) is 25.5 Å². The highest BCUT2D eigenvalue weighted by Crippen LogP contribution is 2.33. The molecule has 0 bridgehead atoms. The van der Waals surface area contributed by atoms with Crippen LogP contribution in [-0.4, -0.2) is 49.3 Å². The number of fused-ring (bicyclic) bond motifs is 1. The molecule has 0 aromatic heterocycles. The minimum absolute atomic E-state index is 0.00824. The van der Waals surface area contributed by atoms with E-state index in [9.17, 15) is 9.59 Å². The first-order valence-electron chi connectivity index (χ1n) is 9.56. The average molecular weight is 415 g/mol. The number of amides is 2. The van der Waals surface area contributed by atoms with Gasteiger partial charge < -0.3 is 19.7 Å². The van der Waals surface area contributed by atoms with Crippen molar-refractivity contribution in [3.63, 3.8) is 0 Å². The lowest BCUT2D eigenvalue weighted by Gasteiger charge is -2.18. The second kappa shape index (κ2) is 9.69. The van der Waals surface area contributed by atoms with Crippen molar-refractivity contribution in [2.24, 2.45) is 0 Å². The summed E-state index contributed by atoms with van der Waals surface area (Å²) in [4.78, 5) is 27.2. The molecule has 3 rings (SSSR count). The molecule has 0 saturated heterocycles. The number of carbonyl (C=O) groups is 2. The highest BCUT2D eigenvalue weighted by atomic mass is 32.2. The van der Waals surface area contributed by atoms with Crippen molar-refractivity contribution in [3.05, 3.63) is 47.5 Å². The van der Waals surface area contributed by atoms with Gasteiger partial charge >= 0.3 is 0 Å². The summed E-state index contributed by atoms with van der Waals surface area (Å²) in [5, 5.41) is 2.91. The normalized spacial score (nSPS) is 12.8. The smallest absolute Gasteiger partial charge is 0.243 e. The molecule has 0 atom stereocenters. The quantitative estimate of drug-likeness (QED) is 0.731. The van der Waals surface area contributed by atoms with Crippen molar-refractivity contribution >= 4 is 29.3 Å². The number of rotatable bonds is 6. The lowest BCUT2D eigenvalue weighted by atomic mass is 10.1. The first kappa shape index (κ1) is 21.0. The molecular weight excluding hydrogens is 388 g/mol. The molecule has 7 heteroatoms. The third-order valence-electron chi connectivity index (χ3n) is 4.63. The van der Waals surface area contributed by atoms with E-state index in [-0.39, 0.29) is 24.1 Å². The predicted octanol–water partition coefficient (Wildman–Crippen LogP) is 3.65. The van der Waals surface area contributed by atoms with Crippen molar-refractivity contribution in [1.29, 1.82) is 0 Å². The number of aryl methyl sites for hydroxylation is 2. The van der Waals surface area contributed by atoms with Gasteiger partial charge in [-0.2, -0.15) is 0 Å². The molecule has 0 fully saturated rings. The number of hydrogen-bond acceptors (Lipinski definition) is 5. The maximum absolute atomic E-state index is 12.5. The Balaban J connectivity index is 1.51. The van der Waals surface area contributed by atoms with Gasteiger partial charge in [-0.05, 0) is 43.2 Å². The van der Waals surface area contributed by atoms with Crippen LogP contribution in [0.3, 0.4) is 0 Å². The molecule has 1 N–H and O–H groups in total. The molecule has 29 heavy (non-hydrogen) atoms. The molecule has 6 nitrogen and oxygen atoms in total. The van der Waals surface area contributed by atoms with Crippen LogP contribution in [0.25, 0.3) is 0 Å². The number of likely N-dealkylation sites (N-methyl/N-ethyl adjacent to an activating group) is 1. The van der Waals surface area contributed by atoms with Crippen molar-refractivity contribution in [3.8, 4) is 11.5 Å². The summed E-state index contributed by atoms with van der Waals surface area (Å²) < 4.78 is 11.3. The fraction of sp³-hybridized carbons (Fsp3) is 0.364. The predicted molar refractivity (Wildman–Crippen MR) is 115 cm³/mol. The van der Waals surface area contributed by atoms with Crippen molar-refractivity contribution < 1.29 is 19.1 Å². The summed E-state index contributed by atoms with van der Waals surface area (Å²) in [5.74, 6) is 1.37.